The van der Waals surface area contributed by atoms with Crippen molar-refractivity contribution in [3.8, 4) is 0 Å². The van der Waals surface area contributed by atoms with Gasteiger partial charge in [0.1, 0.15) is 0 Å². The van der Waals surface area contributed by atoms with E-state index in [0.717, 1.165) is 37.6 Å². The molecule has 5 aromatic rings. The summed E-state index contributed by atoms with van der Waals surface area (Å²) < 4.78 is 24.2. The first kappa shape index (κ1) is 37.3. The minimum atomic E-state index is -3.52. The van der Waals surface area contributed by atoms with Crippen LogP contribution >= 0.6 is 15.9 Å². The van der Waals surface area contributed by atoms with Gasteiger partial charge in [0.15, 0.2) is 5.60 Å². The standard InChI is InChI=1S/C43H44BrFN4O5Si/c1-26-41(55(2,3)45)38(21-40(52)48-24-29-9-5-4-8-28(29)18-33(48)25-50)54-43(26)35-20-31(44)14-17-37(35)49(42(43)53)23-27-12-15-32(16-13-27)47-39(51)19-30-22-46-36-11-7-6-10-34(30)36/h4-17,20,22,26,33,38,41,46,50H,18-19,21,23-25H2,1-3H3,(H,47,51)/t26-,33+,38+,41-,43+/m1/s1. The van der Waals surface area contributed by atoms with Gasteiger partial charge < -0.3 is 34.1 Å². The third-order valence-electron chi connectivity index (χ3n) is 11.8. The predicted octanol–water partition coefficient (Wildman–Crippen LogP) is 7.77. The molecular formula is C43H44BrFN4O5Si. The lowest BCUT2D eigenvalue weighted by Crippen LogP contribution is -2.48. The molecule has 0 aliphatic carbocycles. The van der Waals surface area contributed by atoms with Crippen molar-refractivity contribution in [3.05, 3.63) is 129 Å². The number of para-hydroxylation sites is 1. The lowest BCUT2D eigenvalue weighted by Gasteiger charge is -2.37. The van der Waals surface area contributed by atoms with Crippen molar-refractivity contribution >= 4 is 64.3 Å². The summed E-state index contributed by atoms with van der Waals surface area (Å²) in [5, 5.41) is 14.3. The Balaban J connectivity index is 1.03. The monoisotopic (exact) mass is 822 g/mol. The highest BCUT2D eigenvalue weighted by atomic mass is 79.9. The Kier molecular flexibility index (Phi) is 9.81. The molecule has 12 heteroatoms. The number of rotatable bonds is 9. The summed E-state index contributed by atoms with van der Waals surface area (Å²) in [6.07, 6.45) is 1.68. The molecule has 9 nitrogen and oxygen atoms in total. The molecule has 0 unspecified atom stereocenters. The Morgan fingerprint density at radius 3 is 2.51 bits per heavy atom. The molecule has 4 aromatic carbocycles. The van der Waals surface area contributed by atoms with Crippen LogP contribution < -0.4 is 10.2 Å². The number of fused-ring (bicyclic) bond motifs is 4. The normalized spacial score (nSPS) is 23.3. The number of aliphatic hydroxyl groups excluding tert-OH is 1. The second-order valence-electron chi connectivity index (χ2n) is 15.6. The van der Waals surface area contributed by atoms with Crippen LogP contribution in [0.15, 0.2) is 102 Å². The van der Waals surface area contributed by atoms with E-state index in [4.69, 9.17) is 4.74 Å². The molecule has 3 aliphatic heterocycles. The summed E-state index contributed by atoms with van der Waals surface area (Å²) in [7, 11) is -3.52. The number of nitrogens with one attached hydrogen (secondary N) is 2. The summed E-state index contributed by atoms with van der Waals surface area (Å²) in [6, 6.07) is 28.4. The fourth-order valence-corrected chi connectivity index (χ4v) is 12.1. The lowest BCUT2D eigenvalue weighted by molar-refractivity contribution is -0.151. The molecule has 3 N–H and O–H groups in total. The van der Waals surface area contributed by atoms with Crippen LogP contribution in [0.4, 0.5) is 15.5 Å². The van der Waals surface area contributed by atoms with E-state index in [0.29, 0.717) is 29.9 Å². The average Bonchev–Trinajstić information content (AvgIpc) is 3.78. The van der Waals surface area contributed by atoms with Crippen molar-refractivity contribution in [2.75, 3.05) is 16.8 Å². The number of anilines is 2. The summed E-state index contributed by atoms with van der Waals surface area (Å²) in [5.74, 6) is -1.22. The van der Waals surface area contributed by atoms with Crippen molar-refractivity contribution in [1.29, 1.82) is 0 Å². The molecule has 1 fully saturated rings. The molecule has 1 aromatic heterocycles. The van der Waals surface area contributed by atoms with E-state index in [1.54, 1.807) is 22.9 Å². The van der Waals surface area contributed by atoms with Gasteiger partial charge in [0.25, 0.3) is 5.91 Å². The fraction of sp³-hybridized carbons (Fsp3) is 0.326. The Bertz CT molecular complexity index is 2290. The number of halogens is 2. The van der Waals surface area contributed by atoms with Crippen LogP contribution in [0.1, 0.15) is 41.2 Å². The Morgan fingerprint density at radius 2 is 1.76 bits per heavy atom. The van der Waals surface area contributed by atoms with E-state index in [1.807, 2.05) is 104 Å². The maximum atomic E-state index is 16.5. The molecule has 3 amide bonds. The summed E-state index contributed by atoms with van der Waals surface area (Å²) >= 11 is 3.60. The van der Waals surface area contributed by atoms with Crippen LogP contribution in [-0.2, 0) is 50.7 Å². The first-order chi connectivity index (χ1) is 26.4. The molecule has 1 saturated heterocycles. The van der Waals surface area contributed by atoms with Crippen molar-refractivity contribution < 1.29 is 28.3 Å². The number of carbonyl (C=O) groups excluding carboxylic acids is 3. The van der Waals surface area contributed by atoms with Crippen LogP contribution in [0.2, 0.25) is 18.6 Å². The van der Waals surface area contributed by atoms with Gasteiger partial charge >= 0.3 is 0 Å². The van der Waals surface area contributed by atoms with E-state index in [1.165, 1.54) is 0 Å². The summed E-state index contributed by atoms with van der Waals surface area (Å²) in [5.41, 5.74) is 4.68. The molecule has 0 radical (unpaired) electrons. The third kappa shape index (κ3) is 6.72. The highest BCUT2D eigenvalue weighted by Gasteiger charge is 2.67. The molecule has 1 spiro atoms. The largest absolute Gasteiger partial charge is 0.394 e. The van der Waals surface area contributed by atoms with Crippen LogP contribution in [0.25, 0.3) is 10.9 Å². The van der Waals surface area contributed by atoms with Crippen LogP contribution in [0, 0.1) is 5.92 Å². The maximum absolute atomic E-state index is 16.5. The lowest BCUT2D eigenvalue weighted by atomic mass is 9.82. The number of amides is 3. The average molecular weight is 824 g/mol. The van der Waals surface area contributed by atoms with E-state index < -0.39 is 37.6 Å². The van der Waals surface area contributed by atoms with Gasteiger partial charge in [0, 0.05) is 50.8 Å². The zero-order chi connectivity index (χ0) is 38.6. The maximum Gasteiger partial charge on any atom is 0.264 e. The van der Waals surface area contributed by atoms with Gasteiger partial charge in [-0.25, -0.2) is 0 Å². The third-order valence-corrected chi connectivity index (χ3v) is 14.7. The summed E-state index contributed by atoms with van der Waals surface area (Å²) in [4.78, 5) is 48.6. The van der Waals surface area contributed by atoms with E-state index in [9.17, 15) is 19.5 Å². The molecule has 284 valence electrons. The van der Waals surface area contributed by atoms with Gasteiger partial charge in [-0.3, -0.25) is 14.4 Å². The zero-order valence-electron chi connectivity index (χ0n) is 31.0. The van der Waals surface area contributed by atoms with Gasteiger partial charge in [-0.05, 0) is 78.2 Å². The topological polar surface area (TPSA) is 115 Å². The smallest absolute Gasteiger partial charge is 0.264 e. The van der Waals surface area contributed by atoms with Crippen LogP contribution in [-0.4, -0.2) is 59.9 Å². The molecule has 3 aliphatic rings. The highest BCUT2D eigenvalue weighted by molar-refractivity contribution is 9.10. The zero-order valence-corrected chi connectivity index (χ0v) is 33.6. The Labute approximate surface area is 329 Å². The van der Waals surface area contributed by atoms with E-state index in [2.05, 4.69) is 26.2 Å². The predicted molar refractivity (Wildman–Crippen MR) is 217 cm³/mol. The van der Waals surface area contributed by atoms with E-state index >= 15 is 4.11 Å². The van der Waals surface area contributed by atoms with E-state index in [-0.39, 0.29) is 43.7 Å². The highest BCUT2D eigenvalue weighted by Crippen LogP contribution is 2.60. The molecule has 5 atom stereocenters. The number of carbonyl (C=O) groups is 3. The van der Waals surface area contributed by atoms with Crippen molar-refractivity contribution in [3.63, 3.8) is 0 Å². The first-order valence-corrected chi connectivity index (χ1v) is 22.5. The minimum absolute atomic E-state index is 0.0973. The first-order valence-electron chi connectivity index (χ1n) is 18.8. The molecule has 0 bridgehead atoms. The van der Waals surface area contributed by atoms with Crippen molar-refractivity contribution in [1.82, 2.24) is 9.88 Å². The van der Waals surface area contributed by atoms with Gasteiger partial charge in [0.05, 0.1) is 43.8 Å². The van der Waals surface area contributed by atoms with Gasteiger partial charge in [-0.1, -0.05) is 77.5 Å². The van der Waals surface area contributed by atoms with Crippen molar-refractivity contribution in [2.24, 2.45) is 5.92 Å². The molecule has 4 heterocycles. The van der Waals surface area contributed by atoms with Gasteiger partial charge in [0.2, 0.25) is 20.2 Å². The molecular weight excluding hydrogens is 779 g/mol. The summed E-state index contributed by atoms with van der Waals surface area (Å²) in [6.45, 7) is 5.53. The number of aromatic nitrogens is 1. The van der Waals surface area contributed by atoms with Gasteiger partial charge in [-0.2, -0.15) is 0 Å². The minimum Gasteiger partial charge on any atom is -0.394 e. The number of aliphatic hydroxyl groups is 1. The number of hydrogen-bond donors (Lipinski definition) is 3. The Morgan fingerprint density at radius 1 is 1.04 bits per heavy atom. The fourth-order valence-electron chi connectivity index (χ4n) is 9.24. The molecule has 55 heavy (non-hydrogen) atoms. The molecule has 0 saturated carbocycles. The van der Waals surface area contributed by atoms with Gasteiger partial charge in [-0.15, -0.1) is 0 Å². The number of nitrogens with zero attached hydrogens (tertiary/aromatic N) is 2. The number of aromatic amines is 1. The quantitative estimate of drug-likeness (QED) is 0.104. The van der Waals surface area contributed by atoms with Crippen LogP contribution in [0.3, 0.4) is 0 Å². The van der Waals surface area contributed by atoms with Crippen molar-refractivity contribution in [2.45, 2.75) is 75.7 Å². The molecule has 8 rings (SSSR count). The number of ether oxygens (including phenoxy) is 1. The second-order valence-corrected chi connectivity index (χ2v) is 20.4. The second kappa shape index (κ2) is 14.5. The van der Waals surface area contributed by atoms with Crippen LogP contribution in [0.5, 0.6) is 0 Å². The SMILES string of the molecule is C[C@@H]1[C@@H]([Si](C)(C)F)[C@H](CC(=O)N2Cc3ccccc3C[C@H]2CO)O[C@@]12C(=O)N(Cc1ccc(NC(=O)Cc3c[nH]c4ccccc34)cc1)c1ccc(Br)cc12. The number of H-pyrrole nitrogens is 1. The number of benzene rings is 4. The Hall–Kier alpha value is -4.62. The number of hydrogen-bond acceptors (Lipinski definition) is 5.